The summed E-state index contributed by atoms with van der Waals surface area (Å²) in [6.07, 6.45) is 3.52. The van der Waals surface area contributed by atoms with Gasteiger partial charge in [0.2, 0.25) is 18.1 Å². The first-order valence-corrected chi connectivity index (χ1v) is 12.3. The summed E-state index contributed by atoms with van der Waals surface area (Å²) in [5.74, 6) is 0.222. The second kappa shape index (κ2) is 10.3. The summed E-state index contributed by atoms with van der Waals surface area (Å²) < 4.78 is 6.80. The molecule has 8 nitrogen and oxygen atoms in total. The number of pyridine rings is 1. The topological polar surface area (TPSA) is 78.3 Å². The van der Waals surface area contributed by atoms with Crippen molar-refractivity contribution in [1.29, 1.82) is 0 Å². The summed E-state index contributed by atoms with van der Waals surface area (Å²) in [6, 6.07) is 11.5. The first-order valence-electron chi connectivity index (χ1n) is 11.5. The van der Waals surface area contributed by atoms with Crippen LogP contribution in [-0.4, -0.2) is 40.7 Å². The Morgan fingerprint density at radius 1 is 1.11 bits per heavy atom. The van der Waals surface area contributed by atoms with Gasteiger partial charge in [-0.1, -0.05) is 29.3 Å². The molecule has 2 heterocycles. The molecule has 1 aromatic heterocycles. The van der Waals surface area contributed by atoms with Crippen molar-refractivity contribution >= 4 is 46.5 Å². The van der Waals surface area contributed by atoms with Gasteiger partial charge in [0.05, 0.1) is 28.9 Å². The SMILES string of the molecule is [C-]#[N+]c1ccc(N2C(=O)N(CCCOc3ccc(-c4cc[n+](O)cc4)c(Cl)c3)C(C)(C)C2=O)c(C)c1Cl. The van der Waals surface area contributed by atoms with Crippen LogP contribution in [0.2, 0.25) is 10.0 Å². The van der Waals surface area contributed by atoms with Crippen molar-refractivity contribution in [3.63, 3.8) is 0 Å². The zero-order valence-corrected chi connectivity index (χ0v) is 22.0. The van der Waals surface area contributed by atoms with Crippen LogP contribution in [0.25, 0.3) is 16.0 Å². The fraction of sp³-hybridized carbons (Fsp3) is 0.259. The van der Waals surface area contributed by atoms with E-state index in [0.29, 0.717) is 41.6 Å². The van der Waals surface area contributed by atoms with E-state index in [1.807, 2.05) is 6.07 Å². The molecule has 1 fully saturated rings. The summed E-state index contributed by atoms with van der Waals surface area (Å²) in [6.45, 7) is 12.9. The van der Waals surface area contributed by atoms with Gasteiger partial charge >= 0.3 is 6.03 Å². The fourth-order valence-electron chi connectivity index (χ4n) is 4.24. The molecule has 10 heteroatoms. The number of anilines is 1. The summed E-state index contributed by atoms with van der Waals surface area (Å²) in [5.41, 5.74) is 1.75. The van der Waals surface area contributed by atoms with Crippen LogP contribution in [0.4, 0.5) is 16.2 Å². The molecule has 0 aliphatic carbocycles. The van der Waals surface area contributed by atoms with E-state index in [4.69, 9.17) is 34.5 Å². The van der Waals surface area contributed by atoms with Gasteiger partial charge < -0.3 is 9.64 Å². The molecule has 3 amide bonds. The van der Waals surface area contributed by atoms with Crippen molar-refractivity contribution in [2.75, 3.05) is 18.1 Å². The van der Waals surface area contributed by atoms with Gasteiger partial charge in [-0.3, -0.25) is 10.0 Å². The lowest BCUT2D eigenvalue weighted by Gasteiger charge is -2.27. The van der Waals surface area contributed by atoms with Gasteiger partial charge in [-0.05, 0) is 62.6 Å². The quantitative estimate of drug-likeness (QED) is 0.130. The van der Waals surface area contributed by atoms with E-state index in [0.717, 1.165) is 20.8 Å². The molecule has 1 saturated heterocycles. The number of hydrogen-bond acceptors (Lipinski definition) is 4. The molecule has 4 rings (SSSR count). The smallest absolute Gasteiger partial charge is 0.332 e. The lowest BCUT2D eigenvalue weighted by Crippen LogP contribution is -2.44. The molecule has 1 aliphatic heterocycles. The number of carbonyl (C=O) groups is 2. The summed E-state index contributed by atoms with van der Waals surface area (Å²) in [7, 11) is 0. The van der Waals surface area contributed by atoms with Crippen LogP contribution >= 0.6 is 23.2 Å². The Balaban J connectivity index is 1.41. The number of carbonyl (C=O) groups excluding carboxylic acids is 2. The maximum atomic E-state index is 13.3. The largest absolute Gasteiger partial charge is 0.493 e. The third-order valence-corrected chi connectivity index (χ3v) is 7.17. The molecule has 0 atom stereocenters. The molecule has 2 aromatic carbocycles. The zero-order valence-electron chi connectivity index (χ0n) is 20.5. The van der Waals surface area contributed by atoms with Gasteiger partial charge in [-0.25, -0.2) is 14.5 Å². The van der Waals surface area contributed by atoms with E-state index < -0.39 is 11.6 Å². The van der Waals surface area contributed by atoms with E-state index in [9.17, 15) is 14.8 Å². The van der Waals surface area contributed by atoms with Crippen molar-refractivity contribution in [3.8, 4) is 16.9 Å². The number of aromatic nitrogens is 1. The Bertz CT molecular complexity index is 1420. The summed E-state index contributed by atoms with van der Waals surface area (Å²) >= 11 is 12.7. The Morgan fingerprint density at radius 3 is 2.46 bits per heavy atom. The predicted octanol–water partition coefficient (Wildman–Crippen LogP) is 6.06. The zero-order chi connectivity index (χ0) is 26.9. The first kappa shape index (κ1) is 26.3. The Kier molecular flexibility index (Phi) is 7.30. The number of urea groups is 1. The molecule has 3 aromatic rings. The van der Waals surface area contributed by atoms with Gasteiger partial charge in [-0.15, -0.1) is 0 Å². The monoisotopic (exact) mass is 539 g/mol. The highest BCUT2D eigenvalue weighted by Gasteiger charge is 2.51. The fourth-order valence-corrected chi connectivity index (χ4v) is 4.72. The molecule has 0 bridgehead atoms. The number of imide groups is 1. The number of ether oxygens (including phenoxy) is 1. The van der Waals surface area contributed by atoms with E-state index >= 15 is 0 Å². The lowest BCUT2D eigenvalue weighted by molar-refractivity contribution is -0.904. The average molecular weight is 540 g/mol. The normalized spacial score (nSPS) is 14.7. The number of benzene rings is 2. The highest BCUT2D eigenvalue weighted by Crippen LogP contribution is 2.39. The van der Waals surface area contributed by atoms with E-state index in [1.54, 1.807) is 51.1 Å². The highest BCUT2D eigenvalue weighted by molar-refractivity contribution is 6.35. The van der Waals surface area contributed by atoms with Crippen molar-refractivity contribution in [2.24, 2.45) is 0 Å². The Morgan fingerprint density at radius 2 is 1.81 bits per heavy atom. The van der Waals surface area contributed by atoms with Crippen LogP contribution in [0.15, 0.2) is 54.9 Å². The van der Waals surface area contributed by atoms with Crippen LogP contribution in [0.1, 0.15) is 25.8 Å². The van der Waals surface area contributed by atoms with Crippen molar-refractivity contribution in [1.82, 2.24) is 4.90 Å². The molecular formula is C27H25Cl2N4O4+. The van der Waals surface area contributed by atoms with E-state index in [2.05, 4.69) is 4.85 Å². The molecule has 0 unspecified atom stereocenters. The van der Waals surface area contributed by atoms with E-state index in [-0.39, 0.29) is 16.6 Å². The minimum absolute atomic E-state index is 0.228. The van der Waals surface area contributed by atoms with Gasteiger partial charge in [0, 0.05) is 29.0 Å². The van der Waals surface area contributed by atoms with Crippen molar-refractivity contribution < 1.29 is 24.3 Å². The van der Waals surface area contributed by atoms with Crippen molar-refractivity contribution in [2.45, 2.75) is 32.7 Å². The average Bonchev–Trinajstić information content (AvgIpc) is 3.03. The minimum atomic E-state index is -1.05. The highest BCUT2D eigenvalue weighted by atomic mass is 35.5. The van der Waals surface area contributed by atoms with Crippen LogP contribution in [0.5, 0.6) is 5.75 Å². The standard InChI is InChI=1S/C27H25Cl2N4O4/c1-17-23(9-8-22(30-4)24(17)29)33-25(34)27(2,3)32(26(33)35)12-5-15-37-19-6-7-20(21(28)16-19)18-10-13-31(36)14-11-18/h6-11,13-14,16,36H,5,12,15H2,1-3H3/q+1. The lowest BCUT2D eigenvalue weighted by atomic mass is 10.0. The van der Waals surface area contributed by atoms with Crippen LogP contribution in [0, 0.1) is 13.5 Å². The molecule has 0 spiro atoms. The Labute approximate surface area is 225 Å². The minimum Gasteiger partial charge on any atom is -0.493 e. The van der Waals surface area contributed by atoms with E-state index in [1.165, 1.54) is 23.4 Å². The molecule has 0 saturated carbocycles. The first-order chi connectivity index (χ1) is 17.6. The van der Waals surface area contributed by atoms with Crippen LogP contribution in [-0.2, 0) is 4.79 Å². The second-order valence-electron chi connectivity index (χ2n) is 9.10. The second-order valence-corrected chi connectivity index (χ2v) is 9.88. The van der Waals surface area contributed by atoms with Gasteiger partial charge in [0.15, 0.2) is 0 Å². The maximum Gasteiger partial charge on any atom is 0.332 e. The van der Waals surface area contributed by atoms with Gasteiger partial charge in [0.25, 0.3) is 5.91 Å². The number of hydrogen-bond donors (Lipinski definition) is 1. The molecule has 190 valence electrons. The molecule has 37 heavy (non-hydrogen) atoms. The third-order valence-electron chi connectivity index (χ3n) is 6.38. The number of nitrogens with zero attached hydrogens (tertiary/aromatic N) is 4. The number of rotatable bonds is 7. The van der Waals surface area contributed by atoms with Gasteiger partial charge in [-0.2, -0.15) is 0 Å². The maximum absolute atomic E-state index is 13.3. The number of amides is 3. The molecule has 0 radical (unpaired) electrons. The molecule has 1 aliphatic rings. The third kappa shape index (κ3) is 4.93. The van der Waals surface area contributed by atoms with Crippen LogP contribution < -0.4 is 14.4 Å². The Hall–Kier alpha value is -3.80. The summed E-state index contributed by atoms with van der Waals surface area (Å²) in [5, 5.41) is 10.1. The summed E-state index contributed by atoms with van der Waals surface area (Å²) in [4.78, 5) is 32.6. The van der Waals surface area contributed by atoms with Crippen molar-refractivity contribution in [3.05, 3.63) is 81.9 Å². The predicted molar refractivity (Wildman–Crippen MR) is 140 cm³/mol. The number of halogens is 2. The molecule has 1 N–H and O–H groups in total. The van der Waals surface area contributed by atoms with Crippen LogP contribution in [0.3, 0.4) is 0 Å². The van der Waals surface area contributed by atoms with Gasteiger partial charge in [0.1, 0.15) is 11.3 Å². The molecular weight excluding hydrogens is 515 g/mol.